The largest absolute Gasteiger partial charge is 0.550 e. The maximum absolute atomic E-state index is 12.0. The summed E-state index contributed by atoms with van der Waals surface area (Å²) in [6.45, 7) is 9.42. The number of unbranched alkanes of at least 4 members (excludes halogenated alkanes) is 20. The fourth-order valence-corrected chi connectivity index (χ4v) is 4.77. The maximum Gasteiger partial charge on any atom is 0.308 e. The van der Waals surface area contributed by atoms with Crippen molar-refractivity contribution in [2.24, 2.45) is 5.92 Å². The fraction of sp³-hybridized carbons (Fsp3) is 0.941. The van der Waals surface area contributed by atoms with Gasteiger partial charge in [0.1, 0.15) is 0 Å². The zero-order valence-corrected chi connectivity index (χ0v) is 26.3. The van der Waals surface area contributed by atoms with E-state index in [2.05, 4.69) is 27.7 Å². The molecule has 1 unspecified atom stereocenters. The van der Waals surface area contributed by atoms with Crippen LogP contribution in [0.1, 0.15) is 195 Å². The van der Waals surface area contributed by atoms with Crippen LogP contribution in [0.25, 0.3) is 0 Å². The van der Waals surface area contributed by atoms with Crippen LogP contribution in [0.3, 0.4) is 0 Å². The van der Waals surface area contributed by atoms with Gasteiger partial charge in [0.2, 0.25) is 0 Å². The third kappa shape index (κ3) is 33.0. The fourth-order valence-electron chi connectivity index (χ4n) is 4.77. The first-order valence-electron chi connectivity index (χ1n) is 16.9. The minimum absolute atomic E-state index is 0.0435. The summed E-state index contributed by atoms with van der Waals surface area (Å²) < 4.78 is 5.43. The molecule has 38 heavy (non-hydrogen) atoms. The SMILES string of the molecule is CCCCCCCCCCC(CC)C(=O)OCCCCCC.CCCCCCCCCCCCCC(=O)[O-]. The zero-order valence-electron chi connectivity index (χ0n) is 26.3. The van der Waals surface area contributed by atoms with Gasteiger partial charge in [0.25, 0.3) is 0 Å². The third-order valence-electron chi connectivity index (χ3n) is 7.46. The number of hydrogen-bond acceptors (Lipinski definition) is 4. The standard InChI is InChI=1S/C20H40O2.C14H28O2/c1-4-7-9-11-12-13-14-15-17-19(6-3)20(21)22-18-16-10-8-5-2;1-2-3-4-5-6-7-8-9-10-11-12-13-14(15)16/h19H,4-18H2,1-3H3;2-13H2,1H3,(H,15,16)/p-1. The average Bonchev–Trinajstić information content (AvgIpc) is 2.91. The molecular weight excluding hydrogens is 472 g/mol. The van der Waals surface area contributed by atoms with Gasteiger partial charge in [0, 0.05) is 5.97 Å². The molecule has 0 aliphatic carbocycles. The molecule has 0 saturated heterocycles. The predicted molar refractivity (Wildman–Crippen MR) is 162 cm³/mol. The number of rotatable bonds is 28. The first kappa shape index (κ1) is 39.1. The van der Waals surface area contributed by atoms with Crippen molar-refractivity contribution in [2.45, 2.75) is 195 Å². The highest BCUT2D eigenvalue weighted by Gasteiger charge is 2.17. The van der Waals surface area contributed by atoms with Crippen LogP contribution in [-0.2, 0) is 14.3 Å². The van der Waals surface area contributed by atoms with Crippen LogP contribution in [0, 0.1) is 5.92 Å². The lowest BCUT2D eigenvalue weighted by Crippen LogP contribution is -2.21. The minimum Gasteiger partial charge on any atom is -0.550 e. The van der Waals surface area contributed by atoms with E-state index >= 15 is 0 Å². The Morgan fingerprint density at radius 3 is 1.29 bits per heavy atom. The van der Waals surface area contributed by atoms with Crippen molar-refractivity contribution >= 4 is 11.9 Å². The Labute approximate surface area is 238 Å². The number of aliphatic carboxylic acids is 1. The van der Waals surface area contributed by atoms with Crippen molar-refractivity contribution in [1.29, 1.82) is 0 Å². The quantitative estimate of drug-likeness (QED) is 0.0732. The summed E-state index contributed by atoms with van der Waals surface area (Å²) >= 11 is 0. The number of ether oxygens (including phenoxy) is 1. The van der Waals surface area contributed by atoms with Gasteiger partial charge in [-0.15, -0.1) is 0 Å². The van der Waals surface area contributed by atoms with Gasteiger partial charge in [-0.05, 0) is 32.1 Å². The molecule has 0 amide bonds. The monoisotopic (exact) mass is 540 g/mol. The molecule has 0 heterocycles. The van der Waals surface area contributed by atoms with E-state index in [1.165, 1.54) is 128 Å². The summed E-state index contributed by atoms with van der Waals surface area (Å²) in [7, 11) is 0. The van der Waals surface area contributed by atoms with Gasteiger partial charge in [-0.25, -0.2) is 0 Å². The van der Waals surface area contributed by atoms with Crippen molar-refractivity contribution in [3.8, 4) is 0 Å². The molecule has 0 fully saturated rings. The highest BCUT2D eigenvalue weighted by atomic mass is 16.5. The molecular formula is C34H67O4-. The molecule has 0 rings (SSSR count). The van der Waals surface area contributed by atoms with Crippen molar-refractivity contribution in [3.63, 3.8) is 0 Å². The van der Waals surface area contributed by atoms with Gasteiger partial charge in [-0.2, -0.15) is 0 Å². The Kier molecular flexibility index (Phi) is 34.9. The second kappa shape index (κ2) is 34.0. The van der Waals surface area contributed by atoms with E-state index in [1.807, 2.05) is 0 Å². The van der Waals surface area contributed by atoms with E-state index in [9.17, 15) is 14.7 Å². The first-order valence-corrected chi connectivity index (χ1v) is 16.9. The van der Waals surface area contributed by atoms with Crippen LogP contribution in [0.15, 0.2) is 0 Å². The molecule has 0 saturated carbocycles. The Hall–Kier alpha value is -1.06. The highest BCUT2D eigenvalue weighted by molar-refractivity contribution is 5.72. The molecule has 0 spiro atoms. The van der Waals surface area contributed by atoms with E-state index < -0.39 is 5.97 Å². The number of esters is 1. The summed E-state index contributed by atoms with van der Waals surface area (Å²) in [5, 5.41) is 10.1. The van der Waals surface area contributed by atoms with Crippen LogP contribution in [-0.4, -0.2) is 18.5 Å². The topological polar surface area (TPSA) is 66.4 Å². The Balaban J connectivity index is 0. The van der Waals surface area contributed by atoms with Crippen molar-refractivity contribution in [1.82, 2.24) is 0 Å². The smallest absolute Gasteiger partial charge is 0.308 e. The average molecular weight is 540 g/mol. The van der Waals surface area contributed by atoms with Gasteiger partial charge in [-0.1, -0.05) is 163 Å². The molecule has 0 aliphatic heterocycles. The van der Waals surface area contributed by atoms with Crippen molar-refractivity contribution in [3.05, 3.63) is 0 Å². The molecule has 4 nitrogen and oxygen atoms in total. The second-order valence-electron chi connectivity index (χ2n) is 11.3. The second-order valence-corrected chi connectivity index (χ2v) is 11.3. The lowest BCUT2D eigenvalue weighted by Gasteiger charge is -2.14. The first-order chi connectivity index (χ1) is 18.5. The van der Waals surface area contributed by atoms with Crippen LogP contribution in [0.2, 0.25) is 0 Å². The minimum atomic E-state index is -0.907. The van der Waals surface area contributed by atoms with Crippen LogP contribution in [0.5, 0.6) is 0 Å². The molecule has 0 aromatic heterocycles. The number of carboxylic acid groups (broad SMARTS) is 1. The molecule has 4 heteroatoms. The van der Waals surface area contributed by atoms with Gasteiger partial charge >= 0.3 is 5.97 Å². The van der Waals surface area contributed by atoms with Crippen LogP contribution < -0.4 is 5.11 Å². The Bertz CT molecular complexity index is 477. The maximum atomic E-state index is 12.0. The van der Waals surface area contributed by atoms with E-state index in [1.54, 1.807) is 0 Å². The third-order valence-corrected chi connectivity index (χ3v) is 7.46. The summed E-state index contributed by atoms with van der Waals surface area (Å²) in [5.41, 5.74) is 0. The van der Waals surface area contributed by atoms with Crippen molar-refractivity contribution < 1.29 is 19.4 Å². The lowest BCUT2D eigenvalue weighted by atomic mass is 9.98. The van der Waals surface area contributed by atoms with E-state index in [0.717, 1.165) is 32.1 Å². The van der Waals surface area contributed by atoms with Gasteiger partial charge in [-0.3, -0.25) is 4.79 Å². The van der Waals surface area contributed by atoms with Gasteiger partial charge in [0.05, 0.1) is 12.5 Å². The number of carbonyl (C=O) groups is 2. The summed E-state index contributed by atoms with van der Waals surface area (Å²) in [6.07, 6.45) is 31.2. The molecule has 0 aliphatic rings. The number of hydrogen-bond donors (Lipinski definition) is 0. The summed E-state index contributed by atoms with van der Waals surface area (Å²) in [6, 6.07) is 0. The molecule has 228 valence electrons. The van der Waals surface area contributed by atoms with Crippen LogP contribution >= 0.6 is 0 Å². The summed E-state index contributed by atoms with van der Waals surface area (Å²) in [5.74, 6) is -0.732. The zero-order chi connectivity index (χ0) is 28.5. The van der Waals surface area contributed by atoms with Crippen molar-refractivity contribution in [2.75, 3.05) is 6.61 Å². The highest BCUT2D eigenvalue weighted by Crippen LogP contribution is 2.17. The molecule has 0 bridgehead atoms. The molecule has 0 radical (unpaired) electrons. The predicted octanol–water partition coefficient (Wildman–Crippen LogP) is 10.1. The lowest BCUT2D eigenvalue weighted by molar-refractivity contribution is -0.305. The van der Waals surface area contributed by atoms with Gasteiger partial charge in [0.15, 0.2) is 0 Å². The normalized spacial score (nSPS) is 11.6. The Morgan fingerprint density at radius 1 is 0.526 bits per heavy atom. The van der Waals surface area contributed by atoms with E-state index in [-0.39, 0.29) is 18.3 Å². The number of carboxylic acids is 1. The molecule has 0 aromatic carbocycles. The van der Waals surface area contributed by atoms with E-state index in [4.69, 9.17) is 4.74 Å². The van der Waals surface area contributed by atoms with E-state index in [0.29, 0.717) is 6.61 Å². The van der Waals surface area contributed by atoms with Gasteiger partial charge < -0.3 is 14.6 Å². The Morgan fingerprint density at radius 2 is 0.895 bits per heavy atom. The van der Waals surface area contributed by atoms with Crippen LogP contribution in [0.4, 0.5) is 0 Å². The molecule has 1 atom stereocenters. The molecule has 0 N–H and O–H groups in total. The molecule has 0 aromatic rings. The summed E-state index contributed by atoms with van der Waals surface area (Å²) in [4.78, 5) is 22.2. The number of carbonyl (C=O) groups excluding carboxylic acids is 2.